The number of nitrogens with zero attached hydrogens (tertiary/aromatic N) is 3. The van der Waals surface area contributed by atoms with Crippen LogP contribution in [0.5, 0.6) is 0 Å². The van der Waals surface area contributed by atoms with E-state index in [1.54, 1.807) is 22.2 Å². The van der Waals surface area contributed by atoms with E-state index in [1.807, 2.05) is 13.0 Å². The average Bonchev–Trinajstić information content (AvgIpc) is 2.66. The number of aromatic amines is 1. The van der Waals surface area contributed by atoms with E-state index in [9.17, 15) is 4.79 Å². The van der Waals surface area contributed by atoms with Gasteiger partial charge in [0.1, 0.15) is 0 Å². The van der Waals surface area contributed by atoms with E-state index in [0.29, 0.717) is 22.7 Å². The molecule has 0 aliphatic heterocycles. The lowest BCUT2D eigenvalue weighted by Gasteiger charge is -2.10. The fourth-order valence-corrected chi connectivity index (χ4v) is 2.06. The van der Waals surface area contributed by atoms with Crippen LogP contribution in [0.2, 0.25) is 0 Å². The van der Waals surface area contributed by atoms with E-state index < -0.39 is 0 Å². The molecule has 0 saturated heterocycles. The molecule has 2 aromatic rings. The van der Waals surface area contributed by atoms with Crippen molar-refractivity contribution in [2.45, 2.75) is 26.8 Å². The standard InChI is InChI=1S/C12H16N4OS/c1-4-7-16-8(2)5-6-9(11(16)17)10-13-14-12(18)15(10)3/h5-6H,4,7H2,1-3H3,(H,14,18). The first-order chi connectivity index (χ1) is 8.56. The van der Waals surface area contributed by atoms with Crippen LogP contribution in [0.3, 0.4) is 0 Å². The summed E-state index contributed by atoms with van der Waals surface area (Å²) < 4.78 is 3.98. The summed E-state index contributed by atoms with van der Waals surface area (Å²) in [5.41, 5.74) is 1.51. The van der Waals surface area contributed by atoms with Gasteiger partial charge in [-0.15, -0.1) is 0 Å². The summed E-state index contributed by atoms with van der Waals surface area (Å²) in [6.07, 6.45) is 0.920. The van der Waals surface area contributed by atoms with Crippen molar-refractivity contribution in [2.24, 2.45) is 7.05 Å². The number of hydrogen-bond acceptors (Lipinski definition) is 3. The van der Waals surface area contributed by atoms with Crippen molar-refractivity contribution in [3.05, 3.63) is 33.0 Å². The van der Waals surface area contributed by atoms with E-state index in [-0.39, 0.29) is 5.56 Å². The Labute approximate surface area is 110 Å². The molecule has 0 radical (unpaired) electrons. The third kappa shape index (κ3) is 2.03. The number of pyridine rings is 1. The number of H-pyrrole nitrogens is 1. The first kappa shape index (κ1) is 12.8. The van der Waals surface area contributed by atoms with Gasteiger partial charge in [-0.2, -0.15) is 5.10 Å². The van der Waals surface area contributed by atoms with Gasteiger partial charge in [-0.3, -0.25) is 9.89 Å². The highest BCUT2D eigenvalue weighted by Crippen LogP contribution is 2.12. The molecule has 2 aromatic heterocycles. The van der Waals surface area contributed by atoms with Crippen LogP contribution in [0.4, 0.5) is 0 Å². The van der Waals surface area contributed by atoms with E-state index >= 15 is 0 Å². The van der Waals surface area contributed by atoms with Gasteiger partial charge < -0.3 is 9.13 Å². The van der Waals surface area contributed by atoms with Gasteiger partial charge in [-0.05, 0) is 37.7 Å². The SMILES string of the molecule is CCCn1c(C)ccc(-c2n[nH]c(=S)n2C)c1=O. The molecule has 96 valence electrons. The molecule has 0 saturated carbocycles. The minimum Gasteiger partial charge on any atom is -0.312 e. The zero-order valence-corrected chi connectivity index (χ0v) is 11.5. The topological polar surface area (TPSA) is 55.6 Å². The summed E-state index contributed by atoms with van der Waals surface area (Å²) >= 11 is 5.06. The molecule has 0 spiro atoms. The minimum atomic E-state index is -0.0195. The predicted octanol–water partition coefficient (Wildman–Crippen LogP) is 2.02. The lowest BCUT2D eigenvalue weighted by Crippen LogP contribution is -2.24. The summed E-state index contributed by atoms with van der Waals surface area (Å²) in [6, 6.07) is 3.74. The number of rotatable bonds is 3. The molecule has 0 bridgehead atoms. The first-order valence-electron chi connectivity index (χ1n) is 5.88. The number of hydrogen-bond donors (Lipinski definition) is 1. The summed E-state index contributed by atoms with van der Waals surface area (Å²) in [7, 11) is 1.80. The van der Waals surface area contributed by atoms with E-state index in [0.717, 1.165) is 12.1 Å². The Kier molecular flexibility index (Phi) is 3.47. The van der Waals surface area contributed by atoms with Gasteiger partial charge in [-0.25, -0.2) is 0 Å². The fraction of sp³-hybridized carbons (Fsp3) is 0.417. The molecular formula is C12H16N4OS. The van der Waals surface area contributed by atoms with Crippen molar-refractivity contribution in [2.75, 3.05) is 0 Å². The molecule has 0 atom stereocenters. The van der Waals surface area contributed by atoms with Crippen LogP contribution in [0.15, 0.2) is 16.9 Å². The van der Waals surface area contributed by atoms with Gasteiger partial charge in [-0.1, -0.05) is 6.92 Å². The second kappa shape index (κ2) is 4.89. The second-order valence-electron chi connectivity index (χ2n) is 4.26. The molecule has 18 heavy (non-hydrogen) atoms. The maximum absolute atomic E-state index is 12.4. The molecule has 0 aliphatic carbocycles. The van der Waals surface area contributed by atoms with Gasteiger partial charge in [0.05, 0.1) is 5.56 Å². The zero-order chi connectivity index (χ0) is 13.3. The Morgan fingerprint density at radius 1 is 1.44 bits per heavy atom. The lowest BCUT2D eigenvalue weighted by atomic mass is 10.2. The van der Waals surface area contributed by atoms with Gasteiger partial charge in [0.25, 0.3) is 5.56 Å². The maximum atomic E-state index is 12.4. The molecule has 2 rings (SSSR count). The van der Waals surface area contributed by atoms with Gasteiger partial charge in [0, 0.05) is 19.3 Å². The van der Waals surface area contributed by atoms with Crippen molar-refractivity contribution < 1.29 is 0 Å². The van der Waals surface area contributed by atoms with Crippen LogP contribution in [-0.2, 0) is 13.6 Å². The monoisotopic (exact) mass is 264 g/mol. The summed E-state index contributed by atoms with van der Waals surface area (Å²) in [5.74, 6) is 0.579. The number of aryl methyl sites for hydroxylation is 1. The Bertz CT molecular complexity index is 680. The third-order valence-corrected chi connectivity index (χ3v) is 3.33. The van der Waals surface area contributed by atoms with Gasteiger partial charge in [0.15, 0.2) is 10.6 Å². The summed E-state index contributed by atoms with van der Waals surface area (Å²) in [5, 5.41) is 6.81. The highest BCUT2D eigenvalue weighted by Gasteiger charge is 2.12. The molecule has 0 amide bonds. The minimum absolute atomic E-state index is 0.0195. The van der Waals surface area contributed by atoms with Gasteiger partial charge in [0.2, 0.25) is 0 Å². The normalized spacial score (nSPS) is 10.8. The Balaban J connectivity index is 2.67. The van der Waals surface area contributed by atoms with Crippen molar-refractivity contribution >= 4 is 12.2 Å². The lowest BCUT2D eigenvalue weighted by molar-refractivity contribution is 0.636. The van der Waals surface area contributed by atoms with Crippen molar-refractivity contribution in [1.29, 1.82) is 0 Å². The van der Waals surface area contributed by atoms with E-state index in [4.69, 9.17) is 12.2 Å². The number of nitrogens with one attached hydrogen (secondary N) is 1. The largest absolute Gasteiger partial charge is 0.312 e. The molecular weight excluding hydrogens is 248 g/mol. The first-order valence-corrected chi connectivity index (χ1v) is 6.29. The highest BCUT2D eigenvalue weighted by atomic mass is 32.1. The van der Waals surface area contributed by atoms with Crippen LogP contribution in [0, 0.1) is 11.7 Å². The molecule has 2 heterocycles. The van der Waals surface area contributed by atoms with Crippen LogP contribution in [0.1, 0.15) is 19.0 Å². The Morgan fingerprint density at radius 3 is 2.72 bits per heavy atom. The average molecular weight is 264 g/mol. The summed E-state index contributed by atoms with van der Waals surface area (Å²) in [4.78, 5) is 12.4. The Morgan fingerprint density at radius 2 is 2.17 bits per heavy atom. The van der Waals surface area contributed by atoms with Crippen molar-refractivity contribution in [3.8, 4) is 11.4 Å². The van der Waals surface area contributed by atoms with Crippen LogP contribution < -0.4 is 5.56 Å². The molecule has 1 N–H and O–H groups in total. The molecule has 0 aromatic carbocycles. The van der Waals surface area contributed by atoms with Crippen LogP contribution in [-0.4, -0.2) is 19.3 Å². The predicted molar refractivity (Wildman–Crippen MR) is 73.1 cm³/mol. The maximum Gasteiger partial charge on any atom is 0.261 e. The van der Waals surface area contributed by atoms with E-state index in [2.05, 4.69) is 17.1 Å². The molecule has 5 nitrogen and oxygen atoms in total. The zero-order valence-electron chi connectivity index (χ0n) is 10.7. The van der Waals surface area contributed by atoms with Crippen LogP contribution in [0.25, 0.3) is 11.4 Å². The van der Waals surface area contributed by atoms with Crippen molar-refractivity contribution in [3.63, 3.8) is 0 Å². The van der Waals surface area contributed by atoms with Crippen LogP contribution >= 0.6 is 12.2 Å². The summed E-state index contributed by atoms with van der Waals surface area (Å²) in [6.45, 7) is 4.70. The van der Waals surface area contributed by atoms with Crippen molar-refractivity contribution in [1.82, 2.24) is 19.3 Å². The van der Waals surface area contributed by atoms with Gasteiger partial charge >= 0.3 is 0 Å². The quantitative estimate of drug-likeness (QED) is 0.863. The molecule has 0 fully saturated rings. The third-order valence-electron chi connectivity index (χ3n) is 2.96. The molecule has 0 unspecified atom stereocenters. The molecule has 0 aliphatic rings. The molecule has 6 heteroatoms. The number of aromatic nitrogens is 4. The second-order valence-corrected chi connectivity index (χ2v) is 4.64. The highest BCUT2D eigenvalue weighted by molar-refractivity contribution is 7.71. The fourth-order valence-electron chi connectivity index (χ4n) is 1.93. The Hall–Kier alpha value is -1.69. The smallest absolute Gasteiger partial charge is 0.261 e. The van der Waals surface area contributed by atoms with E-state index in [1.165, 1.54) is 0 Å².